The van der Waals surface area contributed by atoms with E-state index in [0.717, 1.165) is 0 Å². The van der Waals surface area contributed by atoms with Gasteiger partial charge in [0.2, 0.25) is 0 Å². The molecule has 7 aromatic carbocycles. The van der Waals surface area contributed by atoms with Crippen molar-refractivity contribution >= 4 is 45.7 Å². The molecule has 0 saturated heterocycles. The van der Waals surface area contributed by atoms with Crippen LogP contribution in [0.1, 0.15) is 137 Å². The van der Waals surface area contributed by atoms with Crippen molar-refractivity contribution in [2.24, 2.45) is 0 Å². The van der Waals surface area contributed by atoms with Crippen LogP contribution in [0, 0.1) is 6.92 Å². The maximum Gasteiger partial charge on any atom is 0.333 e. The molecule has 0 aliphatic carbocycles. The maximum absolute atomic E-state index is 2.77. The predicted octanol–water partition coefficient (Wildman–Crippen LogP) is 16.9. The van der Waals surface area contributed by atoms with Gasteiger partial charge in [-0.25, -0.2) is 0 Å². The maximum atomic E-state index is 2.77. The molecule has 68 heavy (non-hydrogen) atoms. The van der Waals surface area contributed by atoms with Crippen LogP contribution < -0.4 is 15.8 Å². The Morgan fingerprint density at radius 3 is 1.51 bits per heavy atom. The highest BCUT2D eigenvalue weighted by Crippen LogP contribution is 2.52. The van der Waals surface area contributed by atoms with Crippen molar-refractivity contribution in [3.63, 3.8) is 0 Å². The van der Waals surface area contributed by atoms with Crippen molar-refractivity contribution in [2.75, 3.05) is 4.90 Å². The minimum absolute atomic E-state index is 0.0594. The SMILES string of the molecule is Cc1ccccc1-c1c(-c2ccccc2)n2c3c(cc(C(C)(C)C)cc13)-c1cc(C(C)(C)C)cc3c1B2c1ccc(-c2ccc(C(C)(C)C)cc2)cc1N3c1cc(C(C)(C)C)cc(C(C)(C)C)c1. The third-order valence-electron chi connectivity index (χ3n) is 15.1. The van der Waals surface area contributed by atoms with E-state index in [1.165, 1.54) is 117 Å². The first-order valence-corrected chi connectivity index (χ1v) is 25.0. The van der Waals surface area contributed by atoms with Gasteiger partial charge in [-0.15, -0.1) is 0 Å². The lowest BCUT2D eigenvalue weighted by molar-refractivity contribution is 0.568. The summed E-state index contributed by atoms with van der Waals surface area (Å²) in [5.74, 6) is 0. The second-order valence-corrected chi connectivity index (χ2v) is 25.3. The molecule has 8 aromatic rings. The van der Waals surface area contributed by atoms with Gasteiger partial charge in [-0.3, -0.25) is 0 Å². The summed E-state index contributed by atoms with van der Waals surface area (Å²) in [5, 5.41) is 1.32. The smallest absolute Gasteiger partial charge is 0.333 e. The number of nitrogens with zero attached hydrogens (tertiary/aromatic N) is 2. The van der Waals surface area contributed by atoms with Gasteiger partial charge in [0, 0.05) is 44.8 Å². The topological polar surface area (TPSA) is 8.17 Å². The molecule has 0 radical (unpaired) electrons. The molecular formula is C65H71BN2. The zero-order valence-corrected chi connectivity index (χ0v) is 43.8. The Balaban J connectivity index is 1.41. The van der Waals surface area contributed by atoms with Crippen molar-refractivity contribution in [1.82, 2.24) is 4.48 Å². The molecule has 0 atom stereocenters. The number of hydrogen-bond acceptors (Lipinski definition) is 1. The van der Waals surface area contributed by atoms with Crippen molar-refractivity contribution in [2.45, 2.75) is 138 Å². The summed E-state index contributed by atoms with van der Waals surface area (Å²) >= 11 is 0. The Morgan fingerprint density at radius 2 is 0.926 bits per heavy atom. The Labute approximate surface area is 408 Å². The highest BCUT2D eigenvalue weighted by Gasteiger charge is 2.45. The molecule has 0 fully saturated rings. The Bertz CT molecular complexity index is 3260. The largest absolute Gasteiger partial charge is 0.375 e. The summed E-state index contributed by atoms with van der Waals surface area (Å²) in [7, 11) is 0. The Kier molecular flexibility index (Phi) is 10.4. The minimum Gasteiger partial charge on any atom is -0.375 e. The van der Waals surface area contributed by atoms with Crippen LogP contribution in [0.25, 0.3) is 55.5 Å². The molecule has 2 aliphatic heterocycles. The second-order valence-electron chi connectivity index (χ2n) is 25.3. The van der Waals surface area contributed by atoms with Crippen molar-refractivity contribution in [3.05, 3.63) is 173 Å². The number of anilines is 3. The lowest BCUT2D eigenvalue weighted by atomic mass is 9.44. The number of aromatic nitrogens is 1. The highest BCUT2D eigenvalue weighted by atomic mass is 15.2. The quantitative estimate of drug-likeness (QED) is 0.160. The Morgan fingerprint density at radius 1 is 0.397 bits per heavy atom. The molecular weight excluding hydrogens is 820 g/mol. The van der Waals surface area contributed by atoms with Gasteiger partial charge >= 0.3 is 6.85 Å². The molecule has 2 aliphatic rings. The number of aryl methyl sites for hydroxylation is 1. The van der Waals surface area contributed by atoms with E-state index in [1.54, 1.807) is 0 Å². The molecule has 0 spiro atoms. The fourth-order valence-corrected chi connectivity index (χ4v) is 10.9. The average molecular weight is 891 g/mol. The molecule has 2 nitrogen and oxygen atoms in total. The zero-order valence-electron chi connectivity index (χ0n) is 43.8. The summed E-state index contributed by atoms with van der Waals surface area (Å²) in [6.07, 6.45) is 0. The van der Waals surface area contributed by atoms with E-state index in [9.17, 15) is 0 Å². The van der Waals surface area contributed by atoms with Crippen LogP contribution in [-0.4, -0.2) is 11.3 Å². The van der Waals surface area contributed by atoms with E-state index in [-0.39, 0.29) is 33.9 Å². The summed E-state index contributed by atoms with van der Waals surface area (Å²) < 4.78 is 2.77. The van der Waals surface area contributed by atoms with E-state index in [4.69, 9.17) is 0 Å². The van der Waals surface area contributed by atoms with Crippen LogP contribution in [0.4, 0.5) is 17.1 Å². The van der Waals surface area contributed by atoms with Gasteiger partial charge in [-0.1, -0.05) is 207 Å². The van der Waals surface area contributed by atoms with Crippen molar-refractivity contribution < 1.29 is 0 Å². The average Bonchev–Trinajstić information content (AvgIpc) is 3.61. The van der Waals surface area contributed by atoms with Crippen LogP contribution in [0.3, 0.4) is 0 Å². The van der Waals surface area contributed by atoms with Crippen LogP contribution in [0.5, 0.6) is 0 Å². The molecule has 0 N–H and O–H groups in total. The van der Waals surface area contributed by atoms with Crippen LogP contribution >= 0.6 is 0 Å². The summed E-state index contributed by atoms with van der Waals surface area (Å²) in [4.78, 5) is 2.67. The molecule has 3 heteroatoms. The molecule has 0 saturated carbocycles. The van der Waals surface area contributed by atoms with E-state index in [2.05, 4.69) is 260 Å². The third kappa shape index (κ3) is 7.56. The van der Waals surface area contributed by atoms with Gasteiger partial charge in [0.25, 0.3) is 0 Å². The number of hydrogen-bond donors (Lipinski definition) is 0. The zero-order chi connectivity index (χ0) is 48.6. The first-order valence-electron chi connectivity index (χ1n) is 25.0. The first kappa shape index (κ1) is 45.7. The molecule has 0 bridgehead atoms. The fraction of sp³-hybridized carbons (Fsp3) is 0.323. The van der Waals surface area contributed by atoms with Gasteiger partial charge in [0.05, 0.1) is 0 Å². The van der Waals surface area contributed by atoms with Gasteiger partial charge in [0.15, 0.2) is 0 Å². The van der Waals surface area contributed by atoms with Gasteiger partial charge in [-0.2, -0.15) is 0 Å². The van der Waals surface area contributed by atoms with E-state index >= 15 is 0 Å². The minimum atomic E-state index is -0.116. The fourth-order valence-electron chi connectivity index (χ4n) is 10.9. The summed E-state index contributed by atoms with van der Waals surface area (Å²) in [6.45, 7) is 37.5. The molecule has 10 rings (SSSR count). The summed E-state index contributed by atoms with van der Waals surface area (Å²) in [5.41, 5.74) is 25.7. The lowest BCUT2D eigenvalue weighted by Gasteiger charge is -2.43. The lowest BCUT2D eigenvalue weighted by Crippen LogP contribution is -2.57. The number of benzene rings is 7. The summed E-state index contributed by atoms with van der Waals surface area (Å²) in [6, 6.07) is 54.6. The van der Waals surface area contributed by atoms with E-state index in [0.29, 0.717) is 0 Å². The molecule has 0 unspecified atom stereocenters. The van der Waals surface area contributed by atoms with E-state index < -0.39 is 0 Å². The molecule has 1 aromatic heterocycles. The third-order valence-corrected chi connectivity index (χ3v) is 15.1. The van der Waals surface area contributed by atoms with Gasteiger partial charge in [-0.05, 0) is 143 Å². The highest BCUT2D eigenvalue weighted by molar-refractivity contribution is 6.89. The van der Waals surface area contributed by atoms with Gasteiger partial charge < -0.3 is 9.38 Å². The molecule has 3 heterocycles. The Hall–Kier alpha value is -6.06. The van der Waals surface area contributed by atoms with Crippen LogP contribution in [-0.2, 0) is 27.1 Å². The normalized spacial score (nSPS) is 13.8. The molecule has 344 valence electrons. The van der Waals surface area contributed by atoms with Crippen molar-refractivity contribution in [1.29, 1.82) is 0 Å². The standard InChI is InChI=1S/C65H71BN2/c1-40-22-20-21-25-50(40)57-53-38-47(64(11,12)13)37-52-51-36-48(65(14,15)16)39-56-58(51)66(68(60(52)53)59(57)42-23-18-17-19-24-42)54-31-28-43(41-26-29-44(30-27-41)61(2,3)4)32-55(54)67(56)49-34-45(62(5,6)7)33-46(35-49)63(8,9)10/h17-39H,1-16H3. The number of rotatable bonds is 4. The van der Waals surface area contributed by atoms with E-state index in [1.807, 2.05) is 0 Å². The van der Waals surface area contributed by atoms with Crippen LogP contribution in [0.2, 0.25) is 0 Å². The molecule has 0 amide bonds. The van der Waals surface area contributed by atoms with Gasteiger partial charge in [0.1, 0.15) is 0 Å². The number of fused-ring (bicyclic) bond motifs is 4. The second kappa shape index (κ2) is 15.5. The monoisotopic (exact) mass is 891 g/mol. The first-order chi connectivity index (χ1) is 31.8. The van der Waals surface area contributed by atoms with Crippen molar-refractivity contribution in [3.8, 4) is 44.6 Å². The predicted molar refractivity (Wildman–Crippen MR) is 297 cm³/mol. The van der Waals surface area contributed by atoms with Crippen LogP contribution in [0.15, 0.2) is 140 Å².